The zero-order valence-corrected chi connectivity index (χ0v) is 13.1. The first-order valence-corrected chi connectivity index (χ1v) is 7.78. The van der Waals surface area contributed by atoms with E-state index in [-0.39, 0.29) is 0 Å². The van der Waals surface area contributed by atoms with Crippen LogP contribution in [-0.2, 0) is 0 Å². The van der Waals surface area contributed by atoms with Crippen molar-refractivity contribution in [1.82, 2.24) is 30.1 Å². The molecule has 0 amide bonds. The number of hydrogen-bond donors (Lipinski definition) is 3. The molecular weight excluding hydrogens is 314 g/mol. The third-order valence-electron chi connectivity index (χ3n) is 4.11. The summed E-state index contributed by atoms with van der Waals surface area (Å²) in [5.74, 6) is 0. The van der Waals surface area contributed by atoms with Gasteiger partial charge >= 0.3 is 0 Å². The molecule has 0 aromatic carbocycles. The van der Waals surface area contributed by atoms with Gasteiger partial charge in [0, 0.05) is 24.2 Å². The highest BCUT2D eigenvalue weighted by molar-refractivity contribution is 5.93. The first-order chi connectivity index (χ1) is 12.3. The van der Waals surface area contributed by atoms with Crippen molar-refractivity contribution in [1.29, 1.82) is 0 Å². The Labute approximate surface area is 142 Å². The Bertz CT molecular complexity index is 1190. The number of nitrogens with two attached hydrogens (primary N) is 1. The Morgan fingerprint density at radius 3 is 2.84 bits per heavy atom. The molecule has 0 saturated heterocycles. The van der Waals surface area contributed by atoms with Gasteiger partial charge in [0.25, 0.3) is 0 Å². The lowest BCUT2D eigenvalue weighted by atomic mass is 10.1. The summed E-state index contributed by atoms with van der Waals surface area (Å²) in [5, 5.41) is 7.45. The summed E-state index contributed by atoms with van der Waals surface area (Å²) in [7, 11) is 0. The topological polar surface area (TPSA) is 109 Å². The molecule has 0 bridgehead atoms. The van der Waals surface area contributed by atoms with Crippen molar-refractivity contribution in [3.8, 4) is 22.6 Å². The van der Waals surface area contributed by atoms with Crippen LogP contribution in [0.5, 0.6) is 0 Å². The molecule has 5 aromatic rings. The van der Waals surface area contributed by atoms with Gasteiger partial charge in [-0.05, 0) is 36.4 Å². The van der Waals surface area contributed by atoms with Gasteiger partial charge in [-0.1, -0.05) is 0 Å². The van der Waals surface area contributed by atoms with Crippen LogP contribution in [-0.4, -0.2) is 30.1 Å². The molecule has 25 heavy (non-hydrogen) atoms. The van der Waals surface area contributed by atoms with E-state index in [1.807, 2.05) is 36.4 Å². The highest BCUT2D eigenvalue weighted by Crippen LogP contribution is 2.29. The van der Waals surface area contributed by atoms with E-state index in [0.717, 1.165) is 44.7 Å². The van der Waals surface area contributed by atoms with E-state index in [4.69, 9.17) is 10.7 Å². The van der Waals surface area contributed by atoms with Crippen molar-refractivity contribution in [2.45, 2.75) is 0 Å². The molecule has 0 spiro atoms. The van der Waals surface area contributed by atoms with Crippen molar-refractivity contribution in [2.75, 3.05) is 5.73 Å². The maximum absolute atomic E-state index is 5.83. The molecular formula is C18H13N7. The van der Waals surface area contributed by atoms with Crippen LogP contribution < -0.4 is 5.73 Å². The van der Waals surface area contributed by atoms with Gasteiger partial charge in [-0.25, -0.2) is 4.98 Å². The number of aromatic amines is 2. The normalized spacial score (nSPS) is 11.4. The van der Waals surface area contributed by atoms with Crippen LogP contribution in [0, 0.1) is 0 Å². The van der Waals surface area contributed by atoms with E-state index >= 15 is 0 Å². The van der Waals surface area contributed by atoms with E-state index in [2.05, 4.69) is 25.1 Å². The molecule has 5 heterocycles. The maximum atomic E-state index is 5.83. The van der Waals surface area contributed by atoms with Crippen LogP contribution in [0.3, 0.4) is 0 Å². The Morgan fingerprint density at radius 1 is 1.00 bits per heavy atom. The molecule has 0 radical (unpaired) electrons. The Morgan fingerprint density at radius 2 is 1.96 bits per heavy atom. The molecule has 0 atom stereocenters. The first kappa shape index (κ1) is 13.7. The van der Waals surface area contributed by atoms with Crippen molar-refractivity contribution in [2.24, 2.45) is 0 Å². The number of pyridine rings is 3. The van der Waals surface area contributed by atoms with Gasteiger partial charge in [0.2, 0.25) is 0 Å². The van der Waals surface area contributed by atoms with Crippen LogP contribution >= 0.6 is 0 Å². The standard InChI is InChI=1S/C18H13N7/c19-11-6-10(8-20-9-11)12-3-4-14-17(23-12)18(25-24-14)16-7-15-13(22-16)2-1-5-21-15/h1-9,22H,19H2,(H,24,25). The monoisotopic (exact) mass is 327 g/mol. The minimum atomic E-state index is 0.605. The fraction of sp³-hybridized carbons (Fsp3) is 0. The minimum absolute atomic E-state index is 0.605. The molecule has 0 unspecified atom stereocenters. The largest absolute Gasteiger partial charge is 0.397 e. The molecule has 0 fully saturated rings. The summed E-state index contributed by atoms with van der Waals surface area (Å²) in [6.07, 6.45) is 5.13. The van der Waals surface area contributed by atoms with E-state index in [1.165, 1.54) is 0 Å². The zero-order chi connectivity index (χ0) is 16.8. The van der Waals surface area contributed by atoms with Crippen molar-refractivity contribution < 1.29 is 0 Å². The van der Waals surface area contributed by atoms with Gasteiger partial charge in [-0.15, -0.1) is 0 Å². The van der Waals surface area contributed by atoms with Crippen LogP contribution in [0.2, 0.25) is 0 Å². The van der Waals surface area contributed by atoms with Crippen LogP contribution in [0.4, 0.5) is 5.69 Å². The highest BCUT2D eigenvalue weighted by Gasteiger charge is 2.14. The number of rotatable bonds is 2. The van der Waals surface area contributed by atoms with E-state index in [9.17, 15) is 0 Å². The van der Waals surface area contributed by atoms with Crippen molar-refractivity contribution >= 4 is 27.8 Å². The average molecular weight is 327 g/mol. The van der Waals surface area contributed by atoms with Crippen LogP contribution in [0.15, 0.2) is 55.0 Å². The van der Waals surface area contributed by atoms with E-state index in [1.54, 1.807) is 18.6 Å². The van der Waals surface area contributed by atoms with Gasteiger partial charge in [0.05, 0.1) is 33.6 Å². The number of nitrogens with one attached hydrogen (secondary N) is 2. The molecule has 0 aliphatic rings. The Kier molecular flexibility index (Phi) is 2.81. The summed E-state index contributed by atoms with van der Waals surface area (Å²) in [6, 6.07) is 11.6. The summed E-state index contributed by atoms with van der Waals surface area (Å²) < 4.78 is 0. The quantitative estimate of drug-likeness (QED) is 0.461. The van der Waals surface area contributed by atoms with Gasteiger partial charge in [0.15, 0.2) is 0 Å². The summed E-state index contributed by atoms with van der Waals surface area (Å²) in [6.45, 7) is 0. The summed E-state index contributed by atoms with van der Waals surface area (Å²) in [5.41, 5.74) is 13.2. The third kappa shape index (κ3) is 2.21. The lowest BCUT2D eigenvalue weighted by Gasteiger charge is -2.02. The highest BCUT2D eigenvalue weighted by atomic mass is 15.1. The molecule has 0 aliphatic carbocycles. The number of fused-ring (bicyclic) bond motifs is 2. The number of H-pyrrole nitrogens is 2. The zero-order valence-electron chi connectivity index (χ0n) is 13.1. The van der Waals surface area contributed by atoms with Gasteiger partial charge in [-0.3, -0.25) is 15.1 Å². The maximum Gasteiger partial charge on any atom is 0.135 e. The first-order valence-electron chi connectivity index (χ1n) is 7.78. The molecule has 120 valence electrons. The van der Waals surface area contributed by atoms with Gasteiger partial charge in [-0.2, -0.15) is 5.10 Å². The number of hydrogen-bond acceptors (Lipinski definition) is 5. The molecule has 7 heteroatoms. The smallest absolute Gasteiger partial charge is 0.135 e. The molecule has 0 saturated carbocycles. The Hall–Kier alpha value is -3.74. The number of nitrogen functional groups attached to an aromatic ring is 1. The predicted molar refractivity (Wildman–Crippen MR) is 96.6 cm³/mol. The van der Waals surface area contributed by atoms with Crippen LogP contribution in [0.25, 0.3) is 44.7 Å². The average Bonchev–Trinajstić information content (AvgIpc) is 3.24. The molecule has 7 nitrogen and oxygen atoms in total. The van der Waals surface area contributed by atoms with E-state index < -0.39 is 0 Å². The molecule has 4 N–H and O–H groups in total. The SMILES string of the molecule is Nc1cncc(-c2ccc3[nH]nc(-c4cc5ncccc5[nH]4)c3n2)c1. The minimum Gasteiger partial charge on any atom is -0.397 e. The van der Waals surface area contributed by atoms with Crippen LogP contribution in [0.1, 0.15) is 0 Å². The predicted octanol–water partition coefficient (Wildman–Crippen LogP) is 3.15. The second-order valence-electron chi connectivity index (χ2n) is 5.79. The molecule has 5 rings (SSSR count). The van der Waals surface area contributed by atoms with Crippen molar-refractivity contribution in [3.63, 3.8) is 0 Å². The number of nitrogens with zero attached hydrogens (tertiary/aromatic N) is 4. The van der Waals surface area contributed by atoms with Gasteiger partial charge < -0.3 is 10.7 Å². The van der Waals surface area contributed by atoms with E-state index in [0.29, 0.717) is 5.69 Å². The lowest BCUT2D eigenvalue weighted by molar-refractivity contribution is 1.12. The second-order valence-corrected chi connectivity index (χ2v) is 5.79. The third-order valence-corrected chi connectivity index (χ3v) is 4.11. The summed E-state index contributed by atoms with van der Waals surface area (Å²) >= 11 is 0. The molecule has 0 aliphatic heterocycles. The summed E-state index contributed by atoms with van der Waals surface area (Å²) in [4.78, 5) is 16.6. The molecule has 5 aromatic heterocycles. The number of anilines is 1. The fourth-order valence-corrected chi connectivity index (χ4v) is 2.93. The lowest BCUT2D eigenvalue weighted by Crippen LogP contribution is -1.90. The fourth-order valence-electron chi connectivity index (χ4n) is 2.93. The Balaban J connectivity index is 1.70. The second kappa shape index (κ2) is 5.13. The van der Waals surface area contributed by atoms with Gasteiger partial charge in [0.1, 0.15) is 11.2 Å². The van der Waals surface area contributed by atoms with Crippen molar-refractivity contribution in [3.05, 3.63) is 55.0 Å². The number of aromatic nitrogens is 6.